The topological polar surface area (TPSA) is 86.8 Å². The highest BCUT2D eigenvalue weighted by molar-refractivity contribution is 6.00. The van der Waals surface area contributed by atoms with Crippen LogP contribution < -0.4 is 10.6 Å². The Bertz CT molecular complexity index is 511. The number of carbonyl (C=O) groups is 1. The SMILES string of the molecule is CC(O)C1CCN(c2ccc(F)c(N)c2C(=O)O)CC1. The molecule has 4 N–H and O–H groups in total. The molecule has 1 unspecified atom stereocenters. The number of carboxylic acids is 1. The van der Waals surface area contributed by atoms with Crippen molar-refractivity contribution in [1.29, 1.82) is 0 Å². The van der Waals surface area contributed by atoms with Gasteiger partial charge in [-0.1, -0.05) is 0 Å². The van der Waals surface area contributed by atoms with E-state index in [0.29, 0.717) is 18.8 Å². The second-order valence-corrected chi connectivity index (χ2v) is 5.23. The summed E-state index contributed by atoms with van der Waals surface area (Å²) >= 11 is 0. The van der Waals surface area contributed by atoms with Crippen LogP contribution in [0.15, 0.2) is 12.1 Å². The van der Waals surface area contributed by atoms with Gasteiger partial charge in [-0.3, -0.25) is 0 Å². The van der Waals surface area contributed by atoms with Crippen LogP contribution in [0.1, 0.15) is 30.1 Å². The molecule has 0 aromatic heterocycles. The molecule has 1 aromatic carbocycles. The average molecular weight is 282 g/mol. The zero-order chi connectivity index (χ0) is 14.9. The van der Waals surface area contributed by atoms with Gasteiger partial charge in [0.1, 0.15) is 11.4 Å². The first-order valence-electron chi connectivity index (χ1n) is 6.66. The molecule has 0 radical (unpaired) electrons. The molecule has 1 atom stereocenters. The van der Waals surface area contributed by atoms with Gasteiger partial charge in [0.15, 0.2) is 0 Å². The van der Waals surface area contributed by atoms with Crippen LogP contribution in [0.3, 0.4) is 0 Å². The van der Waals surface area contributed by atoms with Crippen LogP contribution in [0.4, 0.5) is 15.8 Å². The number of piperidine rings is 1. The summed E-state index contributed by atoms with van der Waals surface area (Å²) in [4.78, 5) is 13.2. The number of nitrogens with two attached hydrogens (primary N) is 1. The molecule has 0 aliphatic carbocycles. The van der Waals surface area contributed by atoms with Crippen molar-refractivity contribution in [2.45, 2.75) is 25.9 Å². The summed E-state index contributed by atoms with van der Waals surface area (Å²) < 4.78 is 13.4. The summed E-state index contributed by atoms with van der Waals surface area (Å²) in [6.07, 6.45) is 1.18. The smallest absolute Gasteiger partial charge is 0.340 e. The minimum atomic E-state index is -1.23. The third kappa shape index (κ3) is 2.70. The number of hydrogen-bond donors (Lipinski definition) is 3. The zero-order valence-corrected chi connectivity index (χ0v) is 11.3. The number of benzene rings is 1. The molecule has 1 saturated heterocycles. The maximum absolute atomic E-state index is 13.4. The molecule has 110 valence electrons. The van der Waals surface area contributed by atoms with Gasteiger partial charge in [-0.15, -0.1) is 0 Å². The van der Waals surface area contributed by atoms with Crippen LogP contribution in [0, 0.1) is 11.7 Å². The van der Waals surface area contributed by atoms with Crippen LogP contribution >= 0.6 is 0 Å². The van der Waals surface area contributed by atoms with Crippen LogP contribution in [0.2, 0.25) is 0 Å². The van der Waals surface area contributed by atoms with Gasteiger partial charge >= 0.3 is 5.97 Å². The zero-order valence-electron chi connectivity index (χ0n) is 11.3. The van der Waals surface area contributed by atoms with Gasteiger partial charge in [0, 0.05) is 13.1 Å². The Morgan fingerprint density at radius 2 is 2.05 bits per heavy atom. The van der Waals surface area contributed by atoms with Gasteiger partial charge < -0.3 is 20.8 Å². The Morgan fingerprint density at radius 1 is 1.45 bits per heavy atom. The molecule has 5 nitrogen and oxygen atoms in total. The maximum atomic E-state index is 13.4. The Morgan fingerprint density at radius 3 is 2.55 bits per heavy atom. The van der Waals surface area contributed by atoms with Crippen molar-refractivity contribution < 1.29 is 19.4 Å². The molecule has 1 fully saturated rings. The molecule has 1 aliphatic heterocycles. The molecule has 1 heterocycles. The second kappa shape index (κ2) is 5.66. The molecule has 0 amide bonds. The molecular formula is C14H19FN2O3. The van der Waals surface area contributed by atoms with Crippen LogP contribution in [-0.4, -0.2) is 35.4 Å². The predicted molar refractivity (Wildman–Crippen MR) is 74.4 cm³/mol. The lowest BCUT2D eigenvalue weighted by molar-refractivity contribution is 0.0697. The number of hydrogen-bond acceptors (Lipinski definition) is 4. The fraction of sp³-hybridized carbons (Fsp3) is 0.500. The number of nitrogens with zero attached hydrogens (tertiary/aromatic N) is 1. The third-order valence-electron chi connectivity index (χ3n) is 3.95. The van der Waals surface area contributed by atoms with E-state index in [1.807, 2.05) is 4.90 Å². The minimum Gasteiger partial charge on any atom is -0.478 e. The highest BCUT2D eigenvalue weighted by Gasteiger charge is 2.27. The normalized spacial score (nSPS) is 18.1. The molecule has 0 saturated carbocycles. The quantitative estimate of drug-likeness (QED) is 0.735. The van der Waals surface area contributed by atoms with E-state index in [0.717, 1.165) is 12.8 Å². The van der Waals surface area contributed by atoms with Gasteiger partial charge in [-0.05, 0) is 37.8 Å². The lowest BCUT2D eigenvalue weighted by Gasteiger charge is -2.35. The number of aliphatic hydroxyl groups excluding tert-OH is 1. The highest BCUT2D eigenvalue weighted by atomic mass is 19.1. The standard InChI is InChI=1S/C14H19FN2O3/c1-8(18)9-4-6-17(7-5-9)11-3-2-10(15)13(16)12(11)14(19)20/h2-3,8-9,18H,4-7,16H2,1H3,(H,19,20). The van der Waals surface area contributed by atoms with Gasteiger partial charge in [0.2, 0.25) is 0 Å². The Balaban J connectivity index is 2.26. The largest absolute Gasteiger partial charge is 0.478 e. The van der Waals surface area contributed by atoms with Crippen molar-refractivity contribution in [1.82, 2.24) is 0 Å². The molecule has 0 spiro atoms. The number of nitrogen functional groups attached to an aromatic ring is 1. The summed E-state index contributed by atoms with van der Waals surface area (Å²) in [7, 11) is 0. The van der Waals surface area contributed by atoms with Gasteiger partial charge in [0.25, 0.3) is 0 Å². The average Bonchev–Trinajstić information content (AvgIpc) is 2.41. The van der Waals surface area contributed by atoms with E-state index in [1.165, 1.54) is 12.1 Å². The Kier molecular flexibility index (Phi) is 4.13. The van der Waals surface area contributed by atoms with Gasteiger partial charge in [-0.25, -0.2) is 9.18 Å². The molecule has 1 aliphatic rings. The van der Waals surface area contributed by atoms with Crippen molar-refractivity contribution in [3.8, 4) is 0 Å². The molecule has 0 bridgehead atoms. The number of halogens is 1. The summed E-state index contributed by atoms with van der Waals surface area (Å²) in [6.45, 7) is 3.01. The van der Waals surface area contributed by atoms with Crippen molar-refractivity contribution >= 4 is 17.3 Å². The van der Waals surface area contributed by atoms with Crippen LogP contribution in [-0.2, 0) is 0 Å². The monoisotopic (exact) mass is 282 g/mol. The van der Waals surface area contributed by atoms with E-state index in [4.69, 9.17) is 5.73 Å². The van der Waals surface area contributed by atoms with E-state index < -0.39 is 11.8 Å². The molecule has 20 heavy (non-hydrogen) atoms. The van der Waals surface area contributed by atoms with Gasteiger partial charge in [-0.2, -0.15) is 0 Å². The fourth-order valence-corrected chi connectivity index (χ4v) is 2.69. The molecular weight excluding hydrogens is 263 g/mol. The molecule has 1 aromatic rings. The fourth-order valence-electron chi connectivity index (χ4n) is 2.69. The van der Waals surface area contributed by atoms with E-state index >= 15 is 0 Å². The third-order valence-corrected chi connectivity index (χ3v) is 3.95. The van der Waals surface area contributed by atoms with E-state index in [2.05, 4.69) is 0 Å². The summed E-state index contributed by atoms with van der Waals surface area (Å²) in [5, 5.41) is 18.8. The van der Waals surface area contributed by atoms with E-state index in [-0.39, 0.29) is 23.3 Å². The first-order valence-corrected chi connectivity index (χ1v) is 6.66. The van der Waals surface area contributed by atoms with Crippen molar-refractivity contribution in [2.75, 3.05) is 23.7 Å². The lowest BCUT2D eigenvalue weighted by Crippen LogP contribution is -2.38. The van der Waals surface area contributed by atoms with E-state index in [9.17, 15) is 19.4 Å². The Hall–Kier alpha value is -1.82. The number of anilines is 2. The second-order valence-electron chi connectivity index (χ2n) is 5.23. The van der Waals surface area contributed by atoms with E-state index in [1.54, 1.807) is 6.92 Å². The summed E-state index contributed by atoms with van der Waals surface area (Å²) in [5.74, 6) is -1.73. The first kappa shape index (κ1) is 14.6. The number of rotatable bonds is 3. The predicted octanol–water partition coefficient (Wildman–Crippen LogP) is 1.70. The van der Waals surface area contributed by atoms with Crippen molar-refractivity contribution in [3.05, 3.63) is 23.5 Å². The summed E-state index contributed by atoms with van der Waals surface area (Å²) in [6, 6.07) is 2.65. The Labute approximate surface area is 116 Å². The number of aliphatic hydroxyl groups is 1. The lowest BCUT2D eigenvalue weighted by atomic mass is 9.91. The highest BCUT2D eigenvalue weighted by Crippen LogP contribution is 2.32. The van der Waals surface area contributed by atoms with Crippen molar-refractivity contribution in [2.24, 2.45) is 5.92 Å². The summed E-state index contributed by atoms with van der Waals surface area (Å²) in [5.41, 5.74) is 5.48. The van der Waals surface area contributed by atoms with Crippen LogP contribution in [0.25, 0.3) is 0 Å². The molecule has 2 rings (SSSR count). The molecule has 6 heteroatoms. The van der Waals surface area contributed by atoms with Crippen LogP contribution in [0.5, 0.6) is 0 Å². The number of carboxylic acid groups (broad SMARTS) is 1. The first-order chi connectivity index (χ1) is 9.41. The maximum Gasteiger partial charge on any atom is 0.340 e. The number of aromatic carboxylic acids is 1. The van der Waals surface area contributed by atoms with Gasteiger partial charge in [0.05, 0.1) is 17.5 Å². The van der Waals surface area contributed by atoms with Crippen molar-refractivity contribution in [3.63, 3.8) is 0 Å². The minimum absolute atomic E-state index is 0.180.